The number of esters is 1. The Balaban J connectivity index is 1.42. The first-order valence-corrected chi connectivity index (χ1v) is 13.2. The van der Waals surface area contributed by atoms with Crippen molar-refractivity contribution in [2.75, 3.05) is 0 Å². The van der Waals surface area contributed by atoms with E-state index in [0.29, 0.717) is 5.41 Å². The number of rotatable bonds is 6. The normalized spacial score (nSPS) is 41.5. The molecule has 3 saturated carbocycles. The van der Waals surface area contributed by atoms with Crippen LogP contribution in [0.2, 0.25) is 0 Å². The van der Waals surface area contributed by atoms with Gasteiger partial charge in [-0.15, -0.1) is 0 Å². The molecule has 8 atom stereocenters. The summed E-state index contributed by atoms with van der Waals surface area (Å²) in [5.74, 6) is 6.39. The zero-order chi connectivity index (χ0) is 21.5. The Labute approximate surface area is 185 Å². The van der Waals surface area contributed by atoms with Gasteiger partial charge in [-0.1, -0.05) is 58.6 Å². The fraction of sp³-hybridized carbons (Fsp3) is 0.893. The third-order valence-electron chi connectivity index (χ3n) is 9.94. The molecule has 3 fully saturated rings. The van der Waals surface area contributed by atoms with Crippen LogP contribution in [0, 0.1) is 46.8 Å². The summed E-state index contributed by atoms with van der Waals surface area (Å²) in [6.45, 7) is 11.4. The van der Waals surface area contributed by atoms with Crippen LogP contribution in [0.3, 0.4) is 0 Å². The van der Waals surface area contributed by atoms with Crippen LogP contribution >= 0.6 is 0 Å². The van der Waals surface area contributed by atoms with E-state index in [4.69, 9.17) is 4.74 Å². The Morgan fingerprint density at radius 2 is 1.83 bits per heavy atom. The second-order valence-corrected chi connectivity index (χ2v) is 12.1. The molecule has 0 radical (unpaired) electrons. The minimum Gasteiger partial charge on any atom is -0.462 e. The molecule has 0 heterocycles. The molecule has 0 amide bonds. The minimum absolute atomic E-state index is 0.113. The summed E-state index contributed by atoms with van der Waals surface area (Å²) < 4.78 is 5.60. The molecule has 0 bridgehead atoms. The van der Waals surface area contributed by atoms with Gasteiger partial charge < -0.3 is 4.74 Å². The van der Waals surface area contributed by atoms with Crippen LogP contribution in [0.5, 0.6) is 0 Å². The highest BCUT2D eigenvalue weighted by molar-refractivity contribution is 5.66. The molecular formula is C28H46O2. The molecule has 0 aromatic carbocycles. The molecule has 0 spiro atoms. The summed E-state index contributed by atoms with van der Waals surface area (Å²) in [4.78, 5) is 11.4. The predicted molar refractivity (Wildman–Crippen MR) is 124 cm³/mol. The molecule has 4 aliphatic rings. The van der Waals surface area contributed by atoms with E-state index >= 15 is 0 Å². The van der Waals surface area contributed by atoms with E-state index in [0.717, 1.165) is 54.3 Å². The fourth-order valence-electron chi connectivity index (χ4n) is 8.43. The van der Waals surface area contributed by atoms with Crippen molar-refractivity contribution in [3.8, 4) is 0 Å². The van der Waals surface area contributed by atoms with Crippen LogP contribution in [0.1, 0.15) is 105 Å². The molecule has 0 aromatic rings. The van der Waals surface area contributed by atoms with Crippen molar-refractivity contribution in [1.29, 1.82) is 0 Å². The van der Waals surface area contributed by atoms with Crippen molar-refractivity contribution in [1.82, 2.24) is 0 Å². The minimum atomic E-state index is -0.113. The van der Waals surface area contributed by atoms with E-state index in [-0.39, 0.29) is 12.1 Å². The van der Waals surface area contributed by atoms with Crippen LogP contribution in [0.25, 0.3) is 0 Å². The maximum absolute atomic E-state index is 11.4. The zero-order valence-electron chi connectivity index (χ0n) is 20.3. The predicted octanol–water partition coefficient (Wildman–Crippen LogP) is 7.57. The highest BCUT2D eigenvalue weighted by atomic mass is 16.5. The third-order valence-corrected chi connectivity index (χ3v) is 9.94. The van der Waals surface area contributed by atoms with Gasteiger partial charge in [0, 0.05) is 13.3 Å². The van der Waals surface area contributed by atoms with Crippen molar-refractivity contribution in [2.24, 2.45) is 46.8 Å². The molecule has 0 aliphatic heterocycles. The second kappa shape index (κ2) is 8.99. The fourth-order valence-corrected chi connectivity index (χ4v) is 8.43. The van der Waals surface area contributed by atoms with Gasteiger partial charge in [-0.2, -0.15) is 0 Å². The quantitative estimate of drug-likeness (QED) is 0.331. The standard InChI is InChI=1S/C28H46O2/c1-18(2)7-6-8-19(3)23-11-12-25-24(23)13-14-27-26(25)10-9-21-17-22(30-20(4)29)15-16-28(21,27)5/h9,18-19,22-27H,6-8,10-17H2,1-5H3/t19?,22-,23+,24+,25+,26-,27-,28-/m0/s1. The van der Waals surface area contributed by atoms with E-state index in [1.165, 1.54) is 57.8 Å². The molecule has 0 aromatic heterocycles. The van der Waals surface area contributed by atoms with Gasteiger partial charge in [-0.05, 0) is 91.8 Å². The van der Waals surface area contributed by atoms with E-state index in [9.17, 15) is 4.79 Å². The van der Waals surface area contributed by atoms with Crippen LogP contribution < -0.4 is 0 Å². The number of carbonyl (C=O) groups excluding carboxylic acids is 1. The number of ether oxygens (including phenoxy) is 1. The topological polar surface area (TPSA) is 26.3 Å². The first-order valence-electron chi connectivity index (χ1n) is 13.2. The largest absolute Gasteiger partial charge is 0.462 e. The Hall–Kier alpha value is -0.790. The van der Waals surface area contributed by atoms with Gasteiger partial charge in [-0.3, -0.25) is 4.79 Å². The smallest absolute Gasteiger partial charge is 0.302 e. The van der Waals surface area contributed by atoms with Crippen LogP contribution in [-0.4, -0.2) is 12.1 Å². The lowest BCUT2D eigenvalue weighted by molar-refractivity contribution is -0.148. The molecule has 1 unspecified atom stereocenters. The van der Waals surface area contributed by atoms with Crippen molar-refractivity contribution >= 4 is 5.97 Å². The summed E-state index contributed by atoms with van der Waals surface area (Å²) in [7, 11) is 0. The molecule has 2 nitrogen and oxygen atoms in total. The second-order valence-electron chi connectivity index (χ2n) is 12.1. The number of carbonyl (C=O) groups is 1. The van der Waals surface area contributed by atoms with Crippen molar-refractivity contribution in [3.05, 3.63) is 11.6 Å². The van der Waals surface area contributed by atoms with Crippen molar-refractivity contribution < 1.29 is 9.53 Å². The van der Waals surface area contributed by atoms with E-state index in [1.54, 1.807) is 12.5 Å². The zero-order valence-corrected chi connectivity index (χ0v) is 20.3. The van der Waals surface area contributed by atoms with Gasteiger partial charge in [0.05, 0.1) is 0 Å². The number of hydrogen-bond acceptors (Lipinski definition) is 2. The molecule has 170 valence electrons. The first kappa shape index (κ1) is 22.4. The van der Waals surface area contributed by atoms with E-state index < -0.39 is 0 Å². The molecule has 4 rings (SSSR count). The number of allylic oxidation sites excluding steroid dienone is 1. The summed E-state index contributed by atoms with van der Waals surface area (Å²) >= 11 is 0. The lowest BCUT2D eigenvalue weighted by Gasteiger charge is -2.55. The Morgan fingerprint density at radius 1 is 1.07 bits per heavy atom. The average Bonchev–Trinajstić information content (AvgIpc) is 3.12. The molecule has 0 N–H and O–H groups in total. The molecular weight excluding hydrogens is 368 g/mol. The Bertz CT molecular complexity index is 649. The van der Waals surface area contributed by atoms with Gasteiger partial charge in [0.2, 0.25) is 0 Å². The SMILES string of the molecule is CC(=O)O[C@H]1CC[C@@]2(C)C(=CC[C@H]3[C@@H]4CC[C@H](C(C)CCCC(C)C)[C@H]4CC[C@@H]32)C1. The van der Waals surface area contributed by atoms with Crippen molar-refractivity contribution in [2.45, 2.75) is 111 Å². The maximum atomic E-state index is 11.4. The highest BCUT2D eigenvalue weighted by Gasteiger charge is 2.54. The number of hydrogen-bond donors (Lipinski definition) is 0. The van der Waals surface area contributed by atoms with Crippen LogP contribution in [0.15, 0.2) is 11.6 Å². The van der Waals surface area contributed by atoms with Gasteiger partial charge in [-0.25, -0.2) is 0 Å². The summed E-state index contributed by atoms with van der Waals surface area (Å²) in [5.41, 5.74) is 1.99. The molecule has 30 heavy (non-hydrogen) atoms. The third kappa shape index (κ3) is 4.26. The van der Waals surface area contributed by atoms with Gasteiger partial charge in [0.1, 0.15) is 6.10 Å². The lowest BCUT2D eigenvalue weighted by Crippen LogP contribution is -2.48. The molecule has 2 heteroatoms. The average molecular weight is 415 g/mol. The monoisotopic (exact) mass is 414 g/mol. The summed E-state index contributed by atoms with van der Waals surface area (Å²) in [5, 5.41) is 0. The highest BCUT2D eigenvalue weighted by Crippen LogP contribution is 2.63. The maximum Gasteiger partial charge on any atom is 0.302 e. The summed E-state index contributed by atoms with van der Waals surface area (Å²) in [6, 6.07) is 0. The Morgan fingerprint density at radius 3 is 2.57 bits per heavy atom. The van der Waals surface area contributed by atoms with E-state index in [1.807, 2.05) is 0 Å². The van der Waals surface area contributed by atoms with Crippen LogP contribution in [-0.2, 0) is 9.53 Å². The Kier molecular flexibility index (Phi) is 6.71. The summed E-state index contributed by atoms with van der Waals surface area (Å²) in [6.07, 6.45) is 17.4. The van der Waals surface area contributed by atoms with E-state index in [2.05, 4.69) is 33.8 Å². The van der Waals surface area contributed by atoms with Gasteiger partial charge in [0.25, 0.3) is 0 Å². The molecule has 4 aliphatic carbocycles. The van der Waals surface area contributed by atoms with Crippen molar-refractivity contribution in [3.63, 3.8) is 0 Å². The van der Waals surface area contributed by atoms with Crippen LogP contribution in [0.4, 0.5) is 0 Å². The van der Waals surface area contributed by atoms with Gasteiger partial charge >= 0.3 is 5.97 Å². The first-order chi connectivity index (χ1) is 14.3. The number of fused-ring (bicyclic) bond motifs is 5. The lowest BCUT2D eigenvalue weighted by atomic mass is 9.50. The molecule has 0 saturated heterocycles. The van der Waals surface area contributed by atoms with Gasteiger partial charge in [0.15, 0.2) is 0 Å².